The largest absolute Gasteiger partial charge is 0.496 e. The first-order valence-corrected chi connectivity index (χ1v) is 7.34. The first kappa shape index (κ1) is 12.5. The Hall–Kier alpha value is -0.590. The minimum Gasteiger partial charge on any atom is -0.496 e. The van der Waals surface area contributed by atoms with E-state index in [1.165, 1.54) is 11.3 Å². The van der Waals surface area contributed by atoms with Gasteiger partial charge in [0, 0.05) is 16.5 Å². The lowest BCUT2D eigenvalue weighted by Crippen LogP contribution is -2.07. The molecule has 1 N–H and O–H groups in total. The van der Waals surface area contributed by atoms with Crippen LogP contribution < -0.4 is 4.74 Å². The van der Waals surface area contributed by atoms with Crippen molar-refractivity contribution in [1.82, 2.24) is 0 Å². The van der Waals surface area contributed by atoms with E-state index in [-0.39, 0.29) is 12.2 Å². The summed E-state index contributed by atoms with van der Waals surface area (Å²) < 4.78 is 26.8. The third kappa shape index (κ3) is 4.19. The summed E-state index contributed by atoms with van der Waals surface area (Å²) in [4.78, 5) is 0.732. The van der Waals surface area contributed by atoms with Gasteiger partial charge in [-0.05, 0) is 12.5 Å². The van der Waals surface area contributed by atoms with E-state index in [0.29, 0.717) is 5.75 Å². The highest BCUT2D eigenvalue weighted by Crippen LogP contribution is 2.28. The molecule has 0 saturated heterocycles. The van der Waals surface area contributed by atoms with Crippen LogP contribution in [0, 0.1) is 0 Å². The smallest absolute Gasteiger partial charge is 0.147 e. The number of hydrogen-bond donors (Lipinski definition) is 1. The van der Waals surface area contributed by atoms with E-state index in [1.54, 1.807) is 18.6 Å². The fraction of sp³-hybridized carbons (Fsp3) is 0.556. The Balaban J connectivity index is 2.57. The maximum absolute atomic E-state index is 10.9. The summed E-state index contributed by atoms with van der Waals surface area (Å²) in [5, 5.41) is 11.5. The van der Waals surface area contributed by atoms with Crippen LogP contribution in [0.1, 0.15) is 17.4 Å². The van der Waals surface area contributed by atoms with Crippen LogP contribution in [0.15, 0.2) is 11.4 Å². The molecular formula is C9H14O4S2. The molecule has 86 valence electrons. The highest BCUT2D eigenvalue weighted by Gasteiger charge is 2.13. The molecule has 0 saturated carbocycles. The lowest BCUT2D eigenvalue weighted by molar-refractivity contribution is 0.178. The Kier molecular flexibility index (Phi) is 4.12. The fourth-order valence-electron chi connectivity index (χ4n) is 1.08. The zero-order valence-corrected chi connectivity index (χ0v) is 10.3. The lowest BCUT2D eigenvalue weighted by Gasteiger charge is -2.06. The summed E-state index contributed by atoms with van der Waals surface area (Å²) >= 11 is 1.36. The van der Waals surface area contributed by atoms with Crippen LogP contribution >= 0.6 is 11.3 Å². The molecule has 6 heteroatoms. The number of methoxy groups -OCH3 is 1. The number of ether oxygens (including phenoxy) is 1. The summed E-state index contributed by atoms with van der Waals surface area (Å²) in [6.07, 6.45) is 0.658. The molecule has 1 aromatic heterocycles. The Morgan fingerprint density at radius 3 is 2.73 bits per heavy atom. The SMILES string of the molecule is COc1csc(C(O)CCS(C)(=O)=O)c1. The van der Waals surface area contributed by atoms with Gasteiger partial charge in [0.2, 0.25) is 0 Å². The summed E-state index contributed by atoms with van der Waals surface area (Å²) in [5.41, 5.74) is 0. The van der Waals surface area contributed by atoms with Crippen molar-refractivity contribution in [2.75, 3.05) is 19.1 Å². The minimum absolute atomic E-state index is 0.00557. The van der Waals surface area contributed by atoms with Gasteiger partial charge in [0.25, 0.3) is 0 Å². The van der Waals surface area contributed by atoms with Crippen molar-refractivity contribution in [2.24, 2.45) is 0 Å². The Morgan fingerprint density at radius 2 is 2.27 bits per heavy atom. The molecule has 1 rings (SSSR count). The van der Waals surface area contributed by atoms with Crippen LogP contribution in [-0.2, 0) is 9.84 Å². The van der Waals surface area contributed by atoms with Crippen molar-refractivity contribution in [3.63, 3.8) is 0 Å². The fourth-order valence-corrected chi connectivity index (χ4v) is 2.61. The summed E-state index contributed by atoms with van der Waals surface area (Å²) in [7, 11) is -1.46. The molecule has 1 aromatic rings. The molecule has 0 amide bonds. The van der Waals surface area contributed by atoms with Gasteiger partial charge in [-0.25, -0.2) is 8.42 Å². The highest BCUT2D eigenvalue weighted by atomic mass is 32.2. The van der Waals surface area contributed by atoms with E-state index in [4.69, 9.17) is 4.74 Å². The van der Waals surface area contributed by atoms with Crippen molar-refractivity contribution in [3.8, 4) is 5.75 Å². The molecule has 0 bridgehead atoms. The number of rotatable bonds is 5. The van der Waals surface area contributed by atoms with Gasteiger partial charge in [-0.3, -0.25) is 0 Å². The second-order valence-corrected chi connectivity index (χ2v) is 6.53. The second-order valence-electron chi connectivity index (χ2n) is 3.32. The van der Waals surface area contributed by atoms with E-state index < -0.39 is 15.9 Å². The molecule has 0 aromatic carbocycles. The second kappa shape index (κ2) is 4.96. The van der Waals surface area contributed by atoms with E-state index in [2.05, 4.69) is 0 Å². The quantitative estimate of drug-likeness (QED) is 0.853. The number of aliphatic hydroxyl groups excluding tert-OH is 1. The third-order valence-electron chi connectivity index (χ3n) is 1.92. The number of thiophene rings is 1. The van der Waals surface area contributed by atoms with E-state index in [1.807, 2.05) is 0 Å². The molecule has 0 radical (unpaired) electrons. The first-order valence-electron chi connectivity index (χ1n) is 4.40. The lowest BCUT2D eigenvalue weighted by atomic mass is 10.2. The highest BCUT2D eigenvalue weighted by molar-refractivity contribution is 7.90. The molecular weight excluding hydrogens is 236 g/mol. The molecule has 0 fully saturated rings. The first-order chi connectivity index (χ1) is 6.92. The van der Waals surface area contributed by atoms with Crippen molar-refractivity contribution in [1.29, 1.82) is 0 Å². The van der Waals surface area contributed by atoms with E-state index in [0.717, 1.165) is 11.1 Å². The molecule has 15 heavy (non-hydrogen) atoms. The molecule has 0 aliphatic carbocycles. The summed E-state index contributed by atoms with van der Waals surface area (Å²) in [6.45, 7) is 0. The van der Waals surface area contributed by atoms with Crippen LogP contribution in [0.2, 0.25) is 0 Å². The van der Waals surface area contributed by atoms with Gasteiger partial charge < -0.3 is 9.84 Å². The zero-order chi connectivity index (χ0) is 11.5. The zero-order valence-electron chi connectivity index (χ0n) is 8.63. The van der Waals surface area contributed by atoms with Crippen LogP contribution in [-0.4, -0.2) is 32.6 Å². The number of hydrogen-bond acceptors (Lipinski definition) is 5. The van der Waals surface area contributed by atoms with Crippen molar-refractivity contribution in [2.45, 2.75) is 12.5 Å². The van der Waals surface area contributed by atoms with E-state index >= 15 is 0 Å². The minimum atomic E-state index is -3.01. The van der Waals surface area contributed by atoms with Gasteiger partial charge in [-0.1, -0.05) is 0 Å². The standard InChI is InChI=1S/C9H14O4S2/c1-13-7-5-9(14-6-7)8(10)3-4-15(2,11)12/h5-6,8,10H,3-4H2,1-2H3. The van der Waals surface area contributed by atoms with Crippen molar-refractivity contribution >= 4 is 21.2 Å². The van der Waals surface area contributed by atoms with Gasteiger partial charge in [-0.2, -0.15) is 0 Å². The van der Waals surface area contributed by atoms with Gasteiger partial charge in [0.1, 0.15) is 15.6 Å². The van der Waals surface area contributed by atoms with Crippen LogP contribution in [0.4, 0.5) is 0 Å². The topological polar surface area (TPSA) is 63.6 Å². The van der Waals surface area contributed by atoms with Crippen molar-refractivity contribution in [3.05, 3.63) is 16.3 Å². The van der Waals surface area contributed by atoms with Gasteiger partial charge in [0.15, 0.2) is 0 Å². The average molecular weight is 250 g/mol. The normalized spacial score (nSPS) is 13.8. The number of aliphatic hydroxyl groups is 1. The van der Waals surface area contributed by atoms with Crippen LogP contribution in [0.3, 0.4) is 0 Å². The van der Waals surface area contributed by atoms with Crippen LogP contribution in [0.5, 0.6) is 5.75 Å². The predicted octanol–water partition coefficient (Wildman–Crippen LogP) is 1.22. The van der Waals surface area contributed by atoms with Crippen molar-refractivity contribution < 1.29 is 18.3 Å². The van der Waals surface area contributed by atoms with Gasteiger partial charge >= 0.3 is 0 Å². The Morgan fingerprint density at radius 1 is 1.60 bits per heavy atom. The molecule has 0 spiro atoms. The summed E-state index contributed by atoms with van der Waals surface area (Å²) in [6, 6.07) is 1.72. The predicted molar refractivity (Wildman–Crippen MR) is 60.2 cm³/mol. The van der Waals surface area contributed by atoms with E-state index in [9.17, 15) is 13.5 Å². The van der Waals surface area contributed by atoms with Crippen LogP contribution in [0.25, 0.3) is 0 Å². The van der Waals surface area contributed by atoms with Gasteiger partial charge in [0.05, 0.1) is 19.0 Å². The third-order valence-corrected chi connectivity index (χ3v) is 3.91. The maximum atomic E-state index is 10.9. The molecule has 0 aliphatic heterocycles. The maximum Gasteiger partial charge on any atom is 0.147 e. The Bertz CT molecular complexity index is 408. The molecule has 4 nitrogen and oxygen atoms in total. The Labute approximate surface area is 93.4 Å². The molecule has 0 aliphatic rings. The monoisotopic (exact) mass is 250 g/mol. The average Bonchev–Trinajstić information content (AvgIpc) is 2.61. The molecule has 1 heterocycles. The molecule has 1 unspecified atom stereocenters. The molecule has 1 atom stereocenters. The summed E-state index contributed by atoms with van der Waals surface area (Å²) in [5.74, 6) is 0.683. The number of sulfone groups is 1. The van der Waals surface area contributed by atoms with Gasteiger partial charge in [-0.15, -0.1) is 11.3 Å².